The van der Waals surface area contributed by atoms with Crippen LogP contribution in [-0.2, 0) is 13.3 Å². The molecule has 15 nitrogen and oxygen atoms in total. The van der Waals surface area contributed by atoms with E-state index < -0.39 is 23.6 Å². The highest BCUT2D eigenvalue weighted by Gasteiger charge is 2.37. The van der Waals surface area contributed by atoms with Crippen LogP contribution in [0.3, 0.4) is 0 Å². The number of imide groups is 2. The van der Waals surface area contributed by atoms with E-state index in [1.54, 1.807) is 60.7 Å². The molecule has 0 bridgehead atoms. The topological polar surface area (TPSA) is 175 Å². The minimum atomic E-state index is -0.435. The van der Waals surface area contributed by atoms with Crippen molar-refractivity contribution in [2.75, 3.05) is 0 Å². The van der Waals surface area contributed by atoms with Gasteiger partial charge in [0.2, 0.25) is 11.6 Å². The van der Waals surface area contributed by atoms with Crippen LogP contribution in [0.25, 0.3) is 22.9 Å². The molecule has 40 heavy (non-hydrogen) atoms. The summed E-state index contributed by atoms with van der Waals surface area (Å²) in [6.45, 7) is -0.419. The number of pyridine rings is 1. The van der Waals surface area contributed by atoms with Crippen molar-refractivity contribution in [1.29, 1.82) is 0 Å². The fraction of sp³-hybridized carbons (Fsp3) is 0.0800. The normalized spacial score (nSPS) is 14.3. The lowest BCUT2D eigenvalue weighted by atomic mass is 10.1. The number of amides is 4. The molecule has 15 heteroatoms. The number of fused-ring (bicyclic) bond motifs is 2. The highest BCUT2D eigenvalue weighted by atomic mass is 16.2. The van der Waals surface area contributed by atoms with E-state index >= 15 is 0 Å². The summed E-state index contributed by atoms with van der Waals surface area (Å²) in [5, 5.41) is 24.5. The molecular formula is C25H15N11O4. The zero-order valence-electron chi connectivity index (χ0n) is 20.3. The molecular weight excluding hydrogens is 518 g/mol. The molecule has 3 aromatic heterocycles. The number of hydrogen-bond acceptors (Lipinski definition) is 11. The highest BCUT2D eigenvalue weighted by Crippen LogP contribution is 2.25. The SMILES string of the molecule is O=C1c2ccccc2C(=O)N1Cn1nnc(-c2ccnc(-c3nnn(CN4C(=O)c5ccccc5C4=O)n3)c2)n1. The van der Waals surface area contributed by atoms with Crippen molar-refractivity contribution >= 4 is 23.6 Å². The third kappa shape index (κ3) is 3.64. The number of nitrogens with zero attached hydrogens (tertiary/aromatic N) is 11. The van der Waals surface area contributed by atoms with Crippen molar-refractivity contribution in [2.24, 2.45) is 0 Å². The lowest BCUT2D eigenvalue weighted by molar-refractivity contribution is 0.0572. The standard InChI is InChI=1S/C25H15N11O4/c37-22-15-5-1-2-6-16(15)23(38)33(22)12-35-29-20(27-31-35)14-9-10-26-19(11-14)21-28-32-36(30-21)13-34-24(39)17-7-3-4-8-18(17)25(34)40/h1-11H,12-13H2. The molecule has 2 aromatic carbocycles. The van der Waals surface area contributed by atoms with Crippen LogP contribution in [0.15, 0.2) is 66.9 Å². The molecule has 2 aliphatic heterocycles. The van der Waals surface area contributed by atoms with Crippen LogP contribution in [0.1, 0.15) is 41.4 Å². The Morgan fingerprint density at radius 1 is 0.575 bits per heavy atom. The van der Waals surface area contributed by atoms with Gasteiger partial charge in [-0.15, -0.1) is 30.0 Å². The largest absolute Gasteiger partial charge is 0.269 e. The number of aromatic nitrogens is 9. The summed E-state index contributed by atoms with van der Waals surface area (Å²) in [6.07, 6.45) is 1.50. The summed E-state index contributed by atoms with van der Waals surface area (Å²) in [6, 6.07) is 16.4. The first-order valence-corrected chi connectivity index (χ1v) is 11.9. The molecule has 0 radical (unpaired) electrons. The van der Waals surface area contributed by atoms with Crippen LogP contribution in [0, 0.1) is 0 Å². The maximum absolute atomic E-state index is 12.6. The second kappa shape index (κ2) is 8.80. The van der Waals surface area contributed by atoms with Gasteiger partial charge in [0.25, 0.3) is 23.6 Å². The van der Waals surface area contributed by atoms with Gasteiger partial charge in [-0.25, -0.2) is 0 Å². The molecule has 0 aliphatic carbocycles. The summed E-state index contributed by atoms with van der Waals surface area (Å²) < 4.78 is 0. The number of hydrogen-bond donors (Lipinski definition) is 0. The highest BCUT2D eigenvalue weighted by molar-refractivity contribution is 6.21. The van der Waals surface area contributed by atoms with Gasteiger partial charge < -0.3 is 0 Å². The van der Waals surface area contributed by atoms with Crippen molar-refractivity contribution in [2.45, 2.75) is 13.3 Å². The lowest BCUT2D eigenvalue weighted by Crippen LogP contribution is -2.32. The molecule has 5 heterocycles. The summed E-state index contributed by atoms with van der Waals surface area (Å²) in [5.74, 6) is -1.36. The summed E-state index contributed by atoms with van der Waals surface area (Å²) in [4.78, 5) is 59.2. The summed E-state index contributed by atoms with van der Waals surface area (Å²) in [5.41, 5.74) is 2.17. The molecule has 0 atom stereocenters. The van der Waals surface area contributed by atoms with Gasteiger partial charge >= 0.3 is 0 Å². The smallest absolute Gasteiger partial charge is 0.263 e. The van der Waals surface area contributed by atoms with Gasteiger partial charge in [0.1, 0.15) is 19.0 Å². The minimum absolute atomic E-state index is 0.150. The van der Waals surface area contributed by atoms with Gasteiger partial charge in [-0.2, -0.15) is 0 Å². The minimum Gasteiger partial charge on any atom is -0.269 e. The zero-order valence-corrected chi connectivity index (χ0v) is 20.3. The number of benzene rings is 2. The van der Waals surface area contributed by atoms with Crippen molar-refractivity contribution in [1.82, 2.24) is 55.2 Å². The first-order valence-electron chi connectivity index (χ1n) is 11.9. The number of carbonyl (C=O) groups excluding carboxylic acids is 4. The molecule has 2 aliphatic rings. The van der Waals surface area contributed by atoms with Gasteiger partial charge in [0.15, 0.2) is 0 Å². The quantitative estimate of drug-likeness (QED) is 0.283. The Labute approximate surface area is 223 Å². The molecule has 4 amide bonds. The molecule has 0 fully saturated rings. The first-order chi connectivity index (χ1) is 19.5. The van der Waals surface area contributed by atoms with Crippen molar-refractivity contribution in [3.8, 4) is 22.9 Å². The average molecular weight is 533 g/mol. The maximum atomic E-state index is 12.6. The van der Waals surface area contributed by atoms with Crippen molar-refractivity contribution in [3.63, 3.8) is 0 Å². The van der Waals surface area contributed by atoms with E-state index in [4.69, 9.17) is 0 Å². The zero-order chi connectivity index (χ0) is 27.4. The van der Waals surface area contributed by atoms with Crippen LogP contribution in [0.2, 0.25) is 0 Å². The third-order valence-corrected chi connectivity index (χ3v) is 6.45. The Morgan fingerprint density at radius 3 is 1.52 bits per heavy atom. The van der Waals surface area contributed by atoms with Crippen LogP contribution in [0.4, 0.5) is 0 Å². The van der Waals surface area contributed by atoms with Gasteiger partial charge in [-0.05, 0) is 46.8 Å². The second-order valence-electron chi connectivity index (χ2n) is 8.85. The van der Waals surface area contributed by atoms with Crippen molar-refractivity contribution in [3.05, 3.63) is 89.1 Å². The number of rotatable bonds is 6. The molecule has 0 spiro atoms. The van der Waals surface area contributed by atoms with Gasteiger partial charge in [-0.3, -0.25) is 34.0 Å². The summed E-state index contributed by atoms with van der Waals surface area (Å²) in [7, 11) is 0. The van der Waals surface area contributed by atoms with Gasteiger partial charge in [-0.1, -0.05) is 24.3 Å². The van der Waals surface area contributed by atoms with Gasteiger partial charge in [0, 0.05) is 11.8 Å². The van der Waals surface area contributed by atoms with E-state index in [0.29, 0.717) is 33.5 Å². The fourth-order valence-electron chi connectivity index (χ4n) is 4.50. The van der Waals surface area contributed by atoms with E-state index in [1.807, 2.05) is 0 Å². The first kappa shape index (κ1) is 23.2. The molecule has 0 saturated heterocycles. The molecule has 7 rings (SSSR count). The maximum Gasteiger partial charge on any atom is 0.263 e. The Hall–Kier alpha value is -5.99. The fourth-order valence-corrected chi connectivity index (χ4v) is 4.50. The monoisotopic (exact) mass is 533 g/mol. The van der Waals surface area contributed by atoms with Crippen molar-refractivity contribution < 1.29 is 19.2 Å². The van der Waals surface area contributed by atoms with Crippen LogP contribution >= 0.6 is 0 Å². The van der Waals surface area contributed by atoms with E-state index in [-0.39, 0.29) is 25.0 Å². The lowest BCUT2D eigenvalue weighted by Gasteiger charge is -2.11. The Bertz CT molecular complexity index is 1680. The number of carbonyl (C=O) groups is 4. The average Bonchev–Trinajstić information content (AvgIpc) is 3.76. The van der Waals surface area contributed by atoms with E-state index in [1.165, 1.54) is 6.20 Å². The molecule has 0 N–H and O–H groups in total. The van der Waals surface area contributed by atoms with E-state index in [2.05, 4.69) is 35.8 Å². The summed E-state index contributed by atoms with van der Waals surface area (Å²) >= 11 is 0. The molecule has 0 unspecified atom stereocenters. The van der Waals surface area contributed by atoms with Gasteiger partial charge in [0.05, 0.1) is 22.3 Å². The molecule has 5 aromatic rings. The Morgan fingerprint density at radius 2 is 1.02 bits per heavy atom. The van der Waals surface area contributed by atoms with E-state index in [9.17, 15) is 19.2 Å². The Balaban J connectivity index is 1.08. The molecule has 0 saturated carbocycles. The molecule has 194 valence electrons. The predicted molar refractivity (Wildman–Crippen MR) is 132 cm³/mol. The van der Waals surface area contributed by atoms with Crippen LogP contribution in [0.5, 0.6) is 0 Å². The third-order valence-electron chi connectivity index (χ3n) is 6.45. The van der Waals surface area contributed by atoms with E-state index in [0.717, 1.165) is 19.4 Å². The van der Waals surface area contributed by atoms with Crippen LogP contribution < -0.4 is 0 Å². The Kier molecular flexibility index (Phi) is 5.09. The number of tetrazole rings is 2. The van der Waals surface area contributed by atoms with Crippen LogP contribution in [-0.4, -0.2) is 78.8 Å². The predicted octanol–water partition coefficient (Wildman–Crippen LogP) is 0.896. The second-order valence-corrected chi connectivity index (χ2v) is 8.85.